The summed E-state index contributed by atoms with van der Waals surface area (Å²) in [6.07, 6.45) is -0.477. The molecule has 0 bridgehead atoms. The minimum atomic E-state index is -0.211. The van der Waals surface area contributed by atoms with Crippen LogP contribution in [0.5, 0.6) is 0 Å². The Labute approximate surface area is 292 Å². The van der Waals surface area contributed by atoms with E-state index in [1.807, 2.05) is 24.3 Å². The molecule has 51 heavy (non-hydrogen) atoms. The van der Waals surface area contributed by atoms with Crippen LogP contribution in [0, 0.1) is 0 Å². The molecular weight excluding hydrogens is 631 g/mol. The first kappa shape index (κ1) is 28.6. The summed E-state index contributed by atoms with van der Waals surface area (Å²) in [5, 5.41) is 18.2. The van der Waals surface area contributed by atoms with Gasteiger partial charge >= 0.3 is 0 Å². The van der Waals surface area contributed by atoms with Crippen LogP contribution in [0.1, 0.15) is 35.2 Å². The highest BCUT2D eigenvalue weighted by Gasteiger charge is 2.32. The molecule has 10 aromatic rings. The predicted molar refractivity (Wildman–Crippen MR) is 204 cm³/mol. The van der Waals surface area contributed by atoms with Crippen molar-refractivity contribution in [2.24, 2.45) is 0 Å². The molecule has 4 heterocycles. The van der Waals surface area contributed by atoms with E-state index in [2.05, 4.69) is 143 Å². The first-order valence-electron chi connectivity index (χ1n) is 17.3. The molecule has 1 aliphatic heterocycles. The predicted octanol–water partition coefficient (Wildman–Crippen LogP) is 11.2. The Bertz CT molecular complexity index is 2940. The van der Waals surface area contributed by atoms with Crippen molar-refractivity contribution in [3.63, 3.8) is 0 Å². The summed E-state index contributed by atoms with van der Waals surface area (Å²) in [7, 11) is 0. The van der Waals surface area contributed by atoms with E-state index in [1.54, 1.807) is 0 Å². The molecule has 3 unspecified atom stereocenters. The molecule has 1 fully saturated rings. The van der Waals surface area contributed by atoms with E-state index in [0.29, 0.717) is 0 Å². The van der Waals surface area contributed by atoms with E-state index in [4.69, 9.17) is 13.3 Å². The Morgan fingerprint density at radius 1 is 0.333 bits per heavy atom. The molecule has 244 valence electrons. The van der Waals surface area contributed by atoms with Gasteiger partial charge in [0.2, 0.25) is 0 Å². The van der Waals surface area contributed by atoms with Crippen LogP contribution < -0.4 is 16.0 Å². The molecule has 0 saturated carbocycles. The molecule has 11 rings (SSSR count). The van der Waals surface area contributed by atoms with Crippen LogP contribution in [0.15, 0.2) is 165 Å². The van der Waals surface area contributed by atoms with E-state index in [0.717, 1.165) is 93.6 Å². The molecule has 0 aliphatic carbocycles. The zero-order valence-corrected chi connectivity index (χ0v) is 27.4. The van der Waals surface area contributed by atoms with Gasteiger partial charge in [0.15, 0.2) is 0 Å². The number of nitrogens with one attached hydrogen (secondary N) is 3. The lowest BCUT2D eigenvalue weighted by molar-refractivity contribution is 0.203. The highest BCUT2D eigenvalue weighted by Crippen LogP contribution is 2.39. The van der Waals surface area contributed by atoms with Crippen molar-refractivity contribution in [1.82, 2.24) is 16.0 Å². The van der Waals surface area contributed by atoms with Crippen LogP contribution in [0.2, 0.25) is 0 Å². The molecule has 3 aromatic heterocycles. The zero-order chi connectivity index (χ0) is 33.5. The maximum absolute atomic E-state index is 6.68. The van der Waals surface area contributed by atoms with Crippen LogP contribution in [-0.4, -0.2) is 0 Å². The molecule has 6 nitrogen and oxygen atoms in total. The number of hydrogen-bond acceptors (Lipinski definition) is 6. The van der Waals surface area contributed by atoms with Crippen molar-refractivity contribution in [3.05, 3.63) is 168 Å². The molecule has 1 saturated heterocycles. The maximum atomic E-state index is 6.68. The highest BCUT2D eigenvalue weighted by molar-refractivity contribution is 6.09. The normalized spacial score (nSPS) is 18.2. The van der Waals surface area contributed by atoms with Crippen molar-refractivity contribution in [1.29, 1.82) is 0 Å². The van der Waals surface area contributed by atoms with Gasteiger partial charge in [-0.3, -0.25) is 16.0 Å². The molecule has 6 heteroatoms. The number of fused-ring (bicyclic) bond motifs is 9. The summed E-state index contributed by atoms with van der Waals surface area (Å²) in [5.41, 5.74) is 10.8. The van der Waals surface area contributed by atoms with Crippen molar-refractivity contribution < 1.29 is 13.3 Å². The Morgan fingerprint density at radius 3 is 1.75 bits per heavy atom. The fraction of sp³-hybridized carbons (Fsp3) is 0.0667. The standard InChI is InChI=1S/C45H31N3O3/c1-2-9-26(10-3-1)43-46-44(29-19-22-39-35(24-29)31-12-5-7-16-38(31)49-39)48-45(47-43)34-14-8-13-33-36-23-27(18-21-40(36)51-42(33)34)28-17-20-32-30-11-4-6-15-37(30)50-41(32)25-28/h1-25,43-48H. The second-order valence-corrected chi connectivity index (χ2v) is 13.4. The first-order valence-corrected chi connectivity index (χ1v) is 17.3. The third-order valence-corrected chi connectivity index (χ3v) is 10.4. The lowest BCUT2D eigenvalue weighted by Gasteiger charge is -2.39. The van der Waals surface area contributed by atoms with Gasteiger partial charge in [0, 0.05) is 37.9 Å². The Morgan fingerprint density at radius 2 is 0.902 bits per heavy atom. The van der Waals surface area contributed by atoms with E-state index in [-0.39, 0.29) is 18.5 Å². The van der Waals surface area contributed by atoms with Crippen molar-refractivity contribution >= 4 is 65.8 Å². The van der Waals surface area contributed by atoms with Crippen LogP contribution in [0.3, 0.4) is 0 Å². The molecular formula is C45H31N3O3. The zero-order valence-electron chi connectivity index (χ0n) is 27.4. The summed E-state index contributed by atoms with van der Waals surface area (Å²) in [6.45, 7) is 0. The van der Waals surface area contributed by atoms with Gasteiger partial charge < -0.3 is 13.3 Å². The minimum Gasteiger partial charge on any atom is -0.456 e. The molecule has 0 radical (unpaired) electrons. The molecule has 0 spiro atoms. The molecule has 3 N–H and O–H groups in total. The van der Waals surface area contributed by atoms with Crippen molar-refractivity contribution in [3.8, 4) is 11.1 Å². The highest BCUT2D eigenvalue weighted by atomic mass is 16.3. The maximum Gasteiger partial charge on any atom is 0.141 e. The van der Waals surface area contributed by atoms with Crippen LogP contribution in [0.25, 0.3) is 76.9 Å². The summed E-state index contributed by atoms with van der Waals surface area (Å²) >= 11 is 0. The average Bonchev–Trinajstić information content (AvgIpc) is 3.88. The number of para-hydroxylation sites is 3. The Balaban J connectivity index is 0.999. The van der Waals surface area contributed by atoms with Crippen LogP contribution >= 0.6 is 0 Å². The quantitative estimate of drug-likeness (QED) is 0.174. The van der Waals surface area contributed by atoms with Gasteiger partial charge in [0.25, 0.3) is 0 Å². The van der Waals surface area contributed by atoms with Gasteiger partial charge in [-0.2, -0.15) is 0 Å². The van der Waals surface area contributed by atoms with Gasteiger partial charge in [0.1, 0.15) is 33.5 Å². The van der Waals surface area contributed by atoms with E-state index in [9.17, 15) is 0 Å². The Hall–Kier alpha value is -6.18. The fourth-order valence-corrected chi connectivity index (χ4v) is 7.91. The largest absolute Gasteiger partial charge is 0.456 e. The summed E-state index contributed by atoms with van der Waals surface area (Å²) in [5.74, 6) is 0. The first-order chi connectivity index (χ1) is 25.2. The van der Waals surface area contributed by atoms with Gasteiger partial charge in [-0.15, -0.1) is 0 Å². The van der Waals surface area contributed by atoms with Crippen molar-refractivity contribution in [2.75, 3.05) is 0 Å². The number of rotatable bonds is 4. The van der Waals surface area contributed by atoms with Crippen LogP contribution in [0.4, 0.5) is 0 Å². The number of furan rings is 3. The van der Waals surface area contributed by atoms with Gasteiger partial charge in [-0.05, 0) is 70.8 Å². The molecule has 7 aromatic carbocycles. The van der Waals surface area contributed by atoms with E-state index < -0.39 is 0 Å². The SMILES string of the molecule is c1ccc(C2NC(c3ccc4oc5ccccc5c4c3)NC(c3cccc4c3oc3ccc(-c5ccc6c(c5)oc5ccccc56)cc34)N2)cc1. The minimum absolute atomic E-state index is 0.112. The van der Waals surface area contributed by atoms with Gasteiger partial charge in [-0.1, -0.05) is 103 Å². The molecule has 3 atom stereocenters. The Kier molecular flexibility index (Phi) is 6.27. The van der Waals surface area contributed by atoms with Crippen molar-refractivity contribution in [2.45, 2.75) is 18.5 Å². The van der Waals surface area contributed by atoms with Crippen LogP contribution in [-0.2, 0) is 0 Å². The van der Waals surface area contributed by atoms with Gasteiger partial charge in [0.05, 0.1) is 18.5 Å². The lowest BCUT2D eigenvalue weighted by atomic mass is 9.99. The summed E-state index contributed by atoms with van der Waals surface area (Å²) < 4.78 is 19.0. The van der Waals surface area contributed by atoms with E-state index >= 15 is 0 Å². The second kappa shape index (κ2) is 11.2. The number of benzene rings is 7. The third kappa shape index (κ3) is 4.62. The fourth-order valence-electron chi connectivity index (χ4n) is 7.91. The topological polar surface area (TPSA) is 75.5 Å². The lowest BCUT2D eigenvalue weighted by Crippen LogP contribution is -2.54. The monoisotopic (exact) mass is 661 g/mol. The summed E-state index contributed by atoms with van der Waals surface area (Å²) in [6, 6.07) is 52.7. The van der Waals surface area contributed by atoms with E-state index in [1.165, 1.54) is 0 Å². The smallest absolute Gasteiger partial charge is 0.141 e. The third-order valence-electron chi connectivity index (χ3n) is 10.4. The van der Waals surface area contributed by atoms with Gasteiger partial charge in [-0.25, -0.2) is 0 Å². The average molecular weight is 662 g/mol. The molecule has 0 amide bonds. The number of hydrogen-bond donors (Lipinski definition) is 3. The molecule has 1 aliphatic rings. The summed E-state index contributed by atoms with van der Waals surface area (Å²) in [4.78, 5) is 0. The second-order valence-electron chi connectivity index (χ2n) is 13.4.